The van der Waals surface area contributed by atoms with Crippen LogP contribution in [0.15, 0.2) is 29.2 Å². The Balaban J connectivity index is 2.34. The molecular weight excluding hydrogens is 271 g/mol. The van der Waals surface area contributed by atoms with Gasteiger partial charge in [0.1, 0.15) is 10.7 Å². The number of primary amides is 1. The lowest BCUT2D eigenvalue weighted by atomic mass is 9.89. The van der Waals surface area contributed by atoms with E-state index in [0.29, 0.717) is 6.42 Å². The van der Waals surface area contributed by atoms with Gasteiger partial charge in [-0.15, -0.1) is 0 Å². The Morgan fingerprint density at radius 3 is 2.58 bits per heavy atom. The van der Waals surface area contributed by atoms with E-state index in [9.17, 15) is 17.6 Å². The minimum Gasteiger partial charge on any atom is -0.369 e. The summed E-state index contributed by atoms with van der Waals surface area (Å²) in [5.41, 5.74) is 4.38. The van der Waals surface area contributed by atoms with E-state index in [1.807, 2.05) is 0 Å². The average molecular weight is 286 g/mol. The maximum absolute atomic E-state index is 13.6. The van der Waals surface area contributed by atoms with Gasteiger partial charge in [-0.25, -0.2) is 12.8 Å². The van der Waals surface area contributed by atoms with Crippen LogP contribution in [0, 0.1) is 11.2 Å². The summed E-state index contributed by atoms with van der Waals surface area (Å²) in [6.45, 7) is 1.77. The number of benzene rings is 1. The zero-order valence-corrected chi connectivity index (χ0v) is 11.3. The maximum Gasteiger partial charge on any atom is 0.246 e. The largest absolute Gasteiger partial charge is 0.369 e. The van der Waals surface area contributed by atoms with Gasteiger partial charge in [0.15, 0.2) is 0 Å². The second kappa shape index (κ2) is 4.57. The predicted octanol–water partition coefficient (Wildman–Crippen LogP) is 0.712. The molecule has 1 aliphatic rings. The standard InChI is InChI=1S/C12H15FN2O3S/c1-12(11(14)16)6-7-15(8-12)19(17,18)10-5-3-2-4-9(10)13/h2-5H,6-8H2,1H3,(H2,14,16). The molecule has 1 unspecified atom stereocenters. The van der Waals surface area contributed by atoms with Gasteiger partial charge < -0.3 is 5.73 Å². The molecule has 1 aromatic rings. The maximum atomic E-state index is 13.6. The van der Waals surface area contributed by atoms with Crippen LogP contribution in [0.4, 0.5) is 4.39 Å². The Morgan fingerprint density at radius 2 is 2.05 bits per heavy atom. The third-order valence-electron chi connectivity index (χ3n) is 3.49. The number of carbonyl (C=O) groups excluding carboxylic acids is 1. The van der Waals surface area contributed by atoms with E-state index in [0.717, 1.165) is 10.4 Å². The second-order valence-corrected chi connectivity index (χ2v) is 6.85. The molecule has 7 heteroatoms. The van der Waals surface area contributed by atoms with Gasteiger partial charge in [-0.1, -0.05) is 12.1 Å². The van der Waals surface area contributed by atoms with Gasteiger partial charge in [0.05, 0.1) is 5.41 Å². The number of carbonyl (C=O) groups is 1. The molecule has 0 bridgehead atoms. The lowest BCUT2D eigenvalue weighted by molar-refractivity contribution is -0.126. The molecule has 0 saturated carbocycles. The molecule has 2 N–H and O–H groups in total. The number of hydrogen-bond donors (Lipinski definition) is 1. The van der Waals surface area contributed by atoms with Crippen molar-refractivity contribution in [2.45, 2.75) is 18.2 Å². The molecular formula is C12H15FN2O3S. The Kier molecular flexibility index (Phi) is 3.36. The van der Waals surface area contributed by atoms with Gasteiger partial charge in [-0.3, -0.25) is 4.79 Å². The number of nitrogens with two attached hydrogens (primary N) is 1. The van der Waals surface area contributed by atoms with Gasteiger partial charge in [0.25, 0.3) is 0 Å². The lowest BCUT2D eigenvalue weighted by Gasteiger charge is -2.21. The highest BCUT2D eigenvalue weighted by atomic mass is 32.2. The highest BCUT2D eigenvalue weighted by Gasteiger charge is 2.44. The highest BCUT2D eigenvalue weighted by molar-refractivity contribution is 7.89. The van der Waals surface area contributed by atoms with Crippen molar-refractivity contribution in [2.75, 3.05) is 13.1 Å². The first-order valence-electron chi connectivity index (χ1n) is 5.82. The summed E-state index contributed by atoms with van der Waals surface area (Å²) in [7, 11) is -3.92. The monoisotopic (exact) mass is 286 g/mol. The molecule has 19 heavy (non-hydrogen) atoms. The average Bonchev–Trinajstić information content (AvgIpc) is 2.74. The fourth-order valence-corrected chi connectivity index (χ4v) is 3.75. The molecule has 1 aliphatic heterocycles. The molecule has 1 amide bonds. The third-order valence-corrected chi connectivity index (χ3v) is 5.37. The Morgan fingerprint density at radius 1 is 1.42 bits per heavy atom. The van der Waals surface area contributed by atoms with Crippen molar-refractivity contribution in [3.63, 3.8) is 0 Å². The summed E-state index contributed by atoms with van der Waals surface area (Å²) in [5, 5.41) is 0. The van der Waals surface area contributed by atoms with Crippen LogP contribution in [-0.2, 0) is 14.8 Å². The summed E-state index contributed by atoms with van der Waals surface area (Å²) < 4.78 is 39.3. The zero-order chi connectivity index (χ0) is 14.3. The SMILES string of the molecule is CC1(C(N)=O)CCN(S(=O)(=O)c2ccccc2F)C1. The summed E-state index contributed by atoms with van der Waals surface area (Å²) >= 11 is 0. The molecule has 5 nitrogen and oxygen atoms in total. The van der Waals surface area contributed by atoms with E-state index in [4.69, 9.17) is 5.73 Å². The molecule has 0 spiro atoms. The van der Waals surface area contributed by atoms with Crippen LogP contribution in [0.1, 0.15) is 13.3 Å². The summed E-state index contributed by atoms with van der Waals surface area (Å²) in [4.78, 5) is 11.0. The fourth-order valence-electron chi connectivity index (χ4n) is 2.12. The number of sulfonamides is 1. The minimum atomic E-state index is -3.92. The predicted molar refractivity (Wildman–Crippen MR) is 67.1 cm³/mol. The number of nitrogens with zero attached hydrogens (tertiary/aromatic N) is 1. The number of amides is 1. The van der Waals surface area contributed by atoms with Crippen LogP contribution in [-0.4, -0.2) is 31.7 Å². The van der Waals surface area contributed by atoms with Crippen molar-refractivity contribution in [2.24, 2.45) is 11.1 Å². The molecule has 104 valence electrons. The van der Waals surface area contributed by atoms with Crippen molar-refractivity contribution in [3.8, 4) is 0 Å². The van der Waals surface area contributed by atoms with Crippen LogP contribution >= 0.6 is 0 Å². The van der Waals surface area contributed by atoms with Crippen molar-refractivity contribution in [3.05, 3.63) is 30.1 Å². The lowest BCUT2D eigenvalue weighted by Crippen LogP contribution is -2.38. The molecule has 1 fully saturated rings. The smallest absolute Gasteiger partial charge is 0.246 e. The molecule has 1 atom stereocenters. The van der Waals surface area contributed by atoms with Crippen LogP contribution < -0.4 is 5.73 Å². The van der Waals surface area contributed by atoms with E-state index in [1.54, 1.807) is 6.92 Å². The molecule has 1 heterocycles. The first kappa shape index (κ1) is 14.0. The van der Waals surface area contributed by atoms with E-state index < -0.39 is 27.2 Å². The molecule has 0 aliphatic carbocycles. The quantitative estimate of drug-likeness (QED) is 0.888. The second-order valence-electron chi connectivity index (χ2n) is 4.94. The Labute approximate surface area is 111 Å². The molecule has 0 radical (unpaired) electrons. The van der Waals surface area contributed by atoms with E-state index in [-0.39, 0.29) is 18.0 Å². The first-order chi connectivity index (χ1) is 8.77. The Hall–Kier alpha value is -1.47. The molecule has 1 aromatic carbocycles. The van der Waals surface area contributed by atoms with Crippen LogP contribution in [0.3, 0.4) is 0 Å². The Bertz CT molecular complexity index is 617. The van der Waals surface area contributed by atoms with Gasteiger partial charge in [-0.2, -0.15) is 4.31 Å². The van der Waals surface area contributed by atoms with Gasteiger partial charge in [-0.05, 0) is 25.5 Å². The van der Waals surface area contributed by atoms with E-state index in [1.165, 1.54) is 18.2 Å². The summed E-state index contributed by atoms with van der Waals surface area (Å²) in [5.74, 6) is -1.34. The topological polar surface area (TPSA) is 80.5 Å². The van der Waals surface area contributed by atoms with E-state index in [2.05, 4.69) is 0 Å². The third kappa shape index (κ3) is 2.35. The normalized spacial score (nSPS) is 24.5. The highest BCUT2D eigenvalue weighted by Crippen LogP contribution is 2.33. The minimum absolute atomic E-state index is 0.0149. The number of rotatable bonds is 3. The van der Waals surface area contributed by atoms with Gasteiger partial charge in [0, 0.05) is 13.1 Å². The van der Waals surface area contributed by atoms with Gasteiger partial charge >= 0.3 is 0 Å². The van der Waals surface area contributed by atoms with Crippen molar-refractivity contribution < 1.29 is 17.6 Å². The molecule has 1 saturated heterocycles. The zero-order valence-electron chi connectivity index (χ0n) is 10.5. The summed E-state index contributed by atoms with van der Waals surface area (Å²) in [6.07, 6.45) is 0.343. The first-order valence-corrected chi connectivity index (χ1v) is 7.26. The van der Waals surface area contributed by atoms with Crippen molar-refractivity contribution >= 4 is 15.9 Å². The van der Waals surface area contributed by atoms with Crippen LogP contribution in [0.25, 0.3) is 0 Å². The van der Waals surface area contributed by atoms with Crippen molar-refractivity contribution in [1.82, 2.24) is 4.31 Å². The fraction of sp³-hybridized carbons (Fsp3) is 0.417. The van der Waals surface area contributed by atoms with E-state index >= 15 is 0 Å². The number of halogens is 1. The number of hydrogen-bond acceptors (Lipinski definition) is 3. The summed E-state index contributed by atoms with van der Waals surface area (Å²) in [6, 6.07) is 5.19. The van der Waals surface area contributed by atoms with Gasteiger partial charge in [0.2, 0.25) is 15.9 Å². The van der Waals surface area contributed by atoms with Crippen LogP contribution in [0.5, 0.6) is 0 Å². The molecule has 0 aromatic heterocycles. The van der Waals surface area contributed by atoms with Crippen molar-refractivity contribution in [1.29, 1.82) is 0 Å². The molecule has 2 rings (SSSR count). The van der Waals surface area contributed by atoms with Crippen LogP contribution in [0.2, 0.25) is 0 Å².